The number of thiazole rings is 1. The molecule has 3 rings (SSSR count). The topological polar surface area (TPSA) is 71.7 Å². The van der Waals surface area contributed by atoms with Gasteiger partial charge in [-0.05, 0) is 23.8 Å². The maximum Gasteiger partial charge on any atom is 0.281 e. The molecular formula is C17H16Cl2N3O2S+. The van der Waals surface area contributed by atoms with Crippen LogP contribution in [0.3, 0.4) is 0 Å². The first-order valence-corrected chi connectivity index (χ1v) is 9.20. The highest BCUT2D eigenvalue weighted by atomic mass is 35.5. The van der Waals surface area contributed by atoms with Crippen LogP contribution >= 0.6 is 34.5 Å². The molecule has 3 aromatic rings. The number of halogens is 2. The monoisotopic (exact) mass is 396 g/mol. The Morgan fingerprint density at radius 3 is 2.96 bits per heavy atom. The predicted octanol–water partition coefficient (Wildman–Crippen LogP) is 3.34. The Hall–Kier alpha value is -1.86. The number of aromatic nitrogens is 1. The molecule has 0 bridgehead atoms. The van der Waals surface area contributed by atoms with Gasteiger partial charge in [0.15, 0.2) is 17.4 Å². The number of carbonyl (C=O) groups excluding carboxylic acids is 1. The van der Waals surface area contributed by atoms with Gasteiger partial charge in [-0.15, -0.1) is 11.3 Å². The van der Waals surface area contributed by atoms with Gasteiger partial charge in [0.05, 0.1) is 16.3 Å². The summed E-state index contributed by atoms with van der Waals surface area (Å²) in [6, 6.07) is 9.25. The van der Waals surface area contributed by atoms with E-state index in [2.05, 4.69) is 10.3 Å². The SMILES string of the molecule is O=C(C[NH2+]Cc1ccco1)Nc1ncc(Cc2cccc(Cl)c2Cl)s1. The number of benzene rings is 1. The van der Waals surface area contributed by atoms with Crippen LogP contribution in [0.25, 0.3) is 0 Å². The lowest BCUT2D eigenvalue weighted by Crippen LogP contribution is -2.84. The number of nitrogens with two attached hydrogens (primary N) is 1. The van der Waals surface area contributed by atoms with E-state index in [4.69, 9.17) is 27.6 Å². The molecule has 1 amide bonds. The van der Waals surface area contributed by atoms with Gasteiger partial charge in [-0.25, -0.2) is 4.98 Å². The van der Waals surface area contributed by atoms with Crippen LogP contribution in [-0.4, -0.2) is 17.4 Å². The Morgan fingerprint density at radius 2 is 2.16 bits per heavy atom. The lowest BCUT2D eigenvalue weighted by Gasteiger charge is -2.03. The lowest BCUT2D eigenvalue weighted by atomic mass is 10.1. The van der Waals surface area contributed by atoms with Crippen LogP contribution in [0.15, 0.2) is 47.2 Å². The summed E-state index contributed by atoms with van der Waals surface area (Å²) in [5.41, 5.74) is 0.933. The molecule has 0 aliphatic rings. The smallest absolute Gasteiger partial charge is 0.281 e. The van der Waals surface area contributed by atoms with Gasteiger partial charge in [-0.3, -0.25) is 10.1 Å². The second kappa shape index (κ2) is 8.49. The third-order valence-electron chi connectivity index (χ3n) is 3.45. The molecule has 0 aliphatic carbocycles. The number of rotatable bonds is 7. The first-order chi connectivity index (χ1) is 12.1. The van der Waals surface area contributed by atoms with Gasteiger partial charge < -0.3 is 9.73 Å². The number of quaternary nitrogens is 1. The molecule has 0 spiro atoms. The molecule has 1 aromatic carbocycles. The number of hydrogen-bond donors (Lipinski definition) is 2. The number of amides is 1. The van der Waals surface area contributed by atoms with Crippen molar-refractivity contribution in [3.05, 3.63) is 69.0 Å². The van der Waals surface area contributed by atoms with Crippen molar-refractivity contribution < 1.29 is 14.5 Å². The molecule has 2 aromatic heterocycles. The Kier molecular flexibility index (Phi) is 6.09. The molecule has 3 N–H and O–H groups in total. The van der Waals surface area contributed by atoms with Crippen LogP contribution in [0.1, 0.15) is 16.2 Å². The largest absolute Gasteiger partial charge is 0.463 e. The molecule has 2 heterocycles. The fourth-order valence-electron chi connectivity index (χ4n) is 2.26. The van der Waals surface area contributed by atoms with Crippen molar-refractivity contribution >= 4 is 45.6 Å². The van der Waals surface area contributed by atoms with E-state index in [0.717, 1.165) is 16.2 Å². The standard InChI is InChI=1S/C17H15Cl2N3O2S/c18-14-5-1-3-11(16(14)19)7-13-9-21-17(25-13)22-15(23)10-20-8-12-4-2-6-24-12/h1-6,9,20H,7-8,10H2,(H,21,22,23)/p+1. The summed E-state index contributed by atoms with van der Waals surface area (Å²) in [7, 11) is 0. The molecule has 0 radical (unpaired) electrons. The first kappa shape index (κ1) is 17.9. The molecule has 8 heteroatoms. The zero-order valence-electron chi connectivity index (χ0n) is 13.2. The number of anilines is 1. The van der Waals surface area contributed by atoms with E-state index in [0.29, 0.717) is 34.7 Å². The van der Waals surface area contributed by atoms with Gasteiger partial charge in [0.1, 0.15) is 6.54 Å². The van der Waals surface area contributed by atoms with Crippen LogP contribution in [-0.2, 0) is 17.8 Å². The third kappa shape index (κ3) is 5.06. The minimum Gasteiger partial charge on any atom is -0.463 e. The highest BCUT2D eigenvalue weighted by molar-refractivity contribution is 7.15. The number of furan rings is 1. The van der Waals surface area contributed by atoms with Crippen LogP contribution in [0.5, 0.6) is 0 Å². The van der Waals surface area contributed by atoms with Crippen LogP contribution in [0, 0.1) is 0 Å². The summed E-state index contributed by atoms with van der Waals surface area (Å²) >= 11 is 13.7. The van der Waals surface area contributed by atoms with Gasteiger partial charge >= 0.3 is 0 Å². The van der Waals surface area contributed by atoms with Crippen LogP contribution in [0.2, 0.25) is 10.0 Å². The Balaban J connectivity index is 1.51. The summed E-state index contributed by atoms with van der Waals surface area (Å²) in [6.07, 6.45) is 3.98. The second-order valence-electron chi connectivity index (χ2n) is 5.35. The van der Waals surface area contributed by atoms with E-state index in [1.54, 1.807) is 18.5 Å². The highest BCUT2D eigenvalue weighted by Gasteiger charge is 2.11. The van der Waals surface area contributed by atoms with Crippen LogP contribution in [0.4, 0.5) is 5.13 Å². The summed E-state index contributed by atoms with van der Waals surface area (Å²) in [5.74, 6) is 0.732. The average molecular weight is 397 g/mol. The van der Waals surface area contributed by atoms with E-state index in [1.165, 1.54) is 11.3 Å². The van der Waals surface area contributed by atoms with E-state index >= 15 is 0 Å². The minimum absolute atomic E-state index is 0.103. The zero-order chi connectivity index (χ0) is 17.6. The maximum absolute atomic E-state index is 12.0. The normalized spacial score (nSPS) is 10.8. The van der Waals surface area contributed by atoms with Gasteiger partial charge in [0, 0.05) is 17.5 Å². The Labute approximate surface area is 159 Å². The maximum atomic E-state index is 12.0. The molecule has 0 unspecified atom stereocenters. The lowest BCUT2D eigenvalue weighted by molar-refractivity contribution is -0.661. The van der Waals surface area contributed by atoms with Gasteiger partial charge in [-0.2, -0.15) is 0 Å². The van der Waals surface area contributed by atoms with E-state index in [-0.39, 0.29) is 5.91 Å². The molecule has 5 nitrogen and oxygen atoms in total. The molecule has 25 heavy (non-hydrogen) atoms. The Morgan fingerprint density at radius 1 is 1.28 bits per heavy atom. The Bertz CT molecular complexity index is 849. The molecular weight excluding hydrogens is 381 g/mol. The van der Waals surface area contributed by atoms with Crippen molar-refractivity contribution in [1.29, 1.82) is 0 Å². The summed E-state index contributed by atoms with van der Waals surface area (Å²) < 4.78 is 5.22. The summed E-state index contributed by atoms with van der Waals surface area (Å²) in [4.78, 5) is 17.2. The van der Waals surface area contributed by atoms with Crippen molar-refractivity contribution in [2.24, 2.45) is 0 Å². The number of nitrogens with one attached hydrogen (secondary N) is 1. The molecule has 0 saturated carbocycles. The summed E-state index contributed by atoms with van der Waals surface area (Å²) in [5, 5.41) is 6.33. The van der Waals surface area contributed by atoms with Crippen molar-refractivity contribution in [3.63, 3.8) is 0 Å². The fourth-order valence-corrected chi connectivity index (χ4v) is 3.50. The van der Waals surface area contributed by atoms with Crippen molar-refractivity contribution in [2.75, 3.05) is 11.9 Å². The van der Waals surface area contributed by atoms with E-state index in [1.807, 2.05) is 29.6 Å². The van der Waals surface area contributed by atoms with Crippen molar-refractivity contribution in [3.8, 4) is 0 Å². The fraction of sp³-hybridized carbons (Fsp3) is 0.176. The zero-order valence-corrected chi connectivity index (χ0v) is 15.5. The van der Waals surface area contributed by atoms with Gasteiger partial charge in [-0.1, -0.05) is 35.3 Å². The molecule has 0 saturated heterocycles. The minimum atomic E-state index is -0.103. The highest BCUT2D eigenvalue weighted by Crippen LogP contribution is 2.29. The number of nitrogens with zero attached hydrogens (tertiary/aromatic N) is 1. The average Bonchev–Trinajstić information content (AvgIpc) is 3.24. The molecule has 0 fully saturated rings. The quantitative estimate of drug-likeness (QED) is 0.643. The second-order valence-corrected chi connectivity index (χ2v) is 7.25. The number of carbonyl (C=O) groups is 1. The number of hydrogen-bond acceptors (Lipinski definition) is 4. The third-order valence-corrected chi connectivity index (χ3v) is 5.22. The summed E-state index contributed by atoms with van der Waals surface area (Å²) in [6.45, 7) is 0.923. The van der Waals surface area contributed by atoms with Gasteiger partial charge in [0.25, 0.3) is 5.91 Å². The van der Waals surface area contributed by atoms with E-state index < -0.39 is 0 Å². The molecule has 0 aliphatic heterocycles. The molecule has 130 valence electrons. The first-order valence-electron chi connectivity index (χ1n) is 7.63. The predicted molar refractivity (Wildman–Crippen MR) is 99.2 cm³/mol. The van der Waals surface area contributed by atoms with Crippen molar-refractivity contribution in [1.82, 2.24) is 4.98 Å². The van der Waals surface area contributed by atoms with E-state index in [9.17, 15) is 4.79 Å². The molecule has 0 atom stereocenters. The van der Waals surface area contributed by atoms with Crippen molar-refractivity contribution in [2.45, 2.75) is 13.0 Å². The van der Waals surface area contributed by atoms with Crippen LogP contribution < -0.4 is 10.6 Å². The van der Waals surface area contributed by atoms with Gasteiger partial charge in [0.2, 0.25) is 0 Å².